The van der Waals surface area contributed by atoms with Crippen molar-refractivity contribution >= 4 is 23.3 Å². The highest BCUT2D eigenvalue weighted by molar-refractivity contribution is 6.07. The lowest BCUT2D eigenvalue weighted by Crippen LogP contribution is -2.18. The van der Waals surface area contributed by atoms with Gasteiger partial charge in [0.05, 0.1) is 27.0 Å². The molecule has 8 heteroatoms. The molecule has 4 rings (SSSR count). The van der Waals surface area contributed by atoms with Crippen LogP contribution in [-0.4, -0.2) is 35.8 Å². The Balaban J connectivity index is 1.51. The molecule has 0 saturated carbocycles. The van der Waals surface area contributed by atoms with Gasteiger partial charge >= 0.3 is 0 Å². The quantitative estimate of drug-likeness (QED) is 0.387. The van der Waals surface area contributed by atoms with Crippen molar-refractivity contribution in [1.82, 2.24) is 9.78 Å². The number of aryl methyl sites for hydroxylation is 1. The van der Waals surface area contributed by atoms with E-state index in [1.807, 2.05) is 31.2 Å². The molecular weight excluding hydrogens is 444 g/mol. The summed E-state index contributed by atoms with van der Waals surface area (Å²) in [5.41, 5.74) is 3.22. The van der Waals surface area contributed by atoms with Crippen LogP contribution in [0.5, 0.6) is 11.5 Å². The van der Waals surface area contributed by atoms with Crippen molar-refractivity contribution in [2.75, 3.05) is 24.9 Å². The van der Waals surface area contributed by atoms with Crippen LogP contribution >= 0.6 is 0 Å². The molecule has 0 bridgehead atoms. The minimum absolute atomic E-state index is 0.239. The predicted octanol–water partition coefficient (Wildman–Crippen LogP) is 4.76. The van der Waals surface area contributed by atoms with Gasteiger partial charge in [0.2, 0.25) is 0 Å². The summed E-state index contributed by atoms with van der Waals surface area (Å²) in [5.74, 6) is 1.19. The van der Waals surface area contributed by atoms with E-state index < -0.39 is 0 Å². The molecule has 3 aromatic carbocycles. The molecular formula is C27H26N4O4. The molecule has 0 saturated heterocycles. The number of nitrogens with one attached hydrogen (secondary N) is 2. The van der Waals surface area contributed by atoms with Gasteiger partial charge in [0.15, 0.2) is 11.5 Å². The van der Waals surface area contributed by atoms with Crippen molar-refractivity contribution < 1.29 is 19.1 Å². The van der Waals surface area contributed by atoms with E-state index >= 15 is 0 Å². The maximum absolute atomic E-state index is 13.0. The molecule has 0 aliphatic rings. The number of hydrogen-bond donors (Lipinski definition) is 2. The summed E-state index contributed by atoms with van der Waals surface area (Å²) in [6, 6.07) is 21.4. The zero-order chi connectivity index (χ0) is 24.8. The summed E-state index contributed by atoms with van der Waals surface area (Å²) >= 11 is 0. The zero-order valence-electron chi connectivity index (χ0n) is 19.7. The molecule has 1 aromatic heterocycles. The standard InChI is InChI=1S/C27H26N4O4/c1-18-12-13-20(16-22(18)29-26(32)19-8-5-4-6-9-19)27(33)30-24-14-15-28-31(24)17-21-10-7-11-23(34-2)25(21)35-3/h4-16H,17H2,1-3H3,(H,29,32)(H,30,33). The number of amides is 2. The molecule has 8 nitrogen and oxygen atoms in total. The number of para-hydroxylation sites is 1. The van der Waals surface area contributed by atoms with Crippen LogP contribution in [0.25, 0.3) is 0 Å². The van der Waals surface area contributed by atoms with Crippen molar-refractivity contribution in [2.24, 2.45) is 0 Å². The van der Waals surface area contributed by atoms with Gasteiger partial charge in [-0.25, -0.2) is 4.68 Å². The van der Waals surface area contributed by atoms with Gasteiger partial charge in [-0.15, -0.1) is 0 Å². The van der Waals surface area contributed by atoms with Gasteiger partial charge in [-0.05, 0) is 42.8 Å². The van der Waals surface area contributed by atoms with Crippen LogP contribution < -0.4 is 20.1 Å². The molecule has 0 aliphatic carbocycles. The molecule has 0 atom stereocenters. The van der Waals surface area contributed by atoms with Gasteiger partial charge in [0.1, 0.15) is 5.82 Å². The third-order valence-electron chi connectivity index (χ3n) is 5.55. The number of anilines is 2. The largest absolute Gasteiger partial charge is 0.493 e. The van der Waals surface area contributed by atoms with Gasteiger partial charge in [0.25, 0.3) is 11.8 Å². The number of methoxy groups -OCH3 is 2. The number of aromatic nitrogens is 2. The maximum Gasteiger partial charge on any atom is 0.256 e. The summed E-state index contributed by atoms with van der Waals surface area (Å²) in [7, 11) is 3.16. The first-order chi connectivity index (χ1) is 17.0. The second-order valence-electron chi connectivity index (χ2n) is 7.83. The lowest BCUT2D eigenvalue weighted by Gasteiger charge is -2.15. The number of benzene rings is 3. The number of hydrogen-bond acceptors (Lipinski definition) is 5. The molecule has 35 heavy (non-hydrogen) atoms. The van der Waals surface area contributed by atoms with Crippen LogP contribution in [0.1, 0.15) is 31.8 Å². The molecule has 2 amide bonds. The van der Waals surface area contributed by atoms with E-state index in [0.29, 0.717) is 40.7 Å². The maximum atomic E-state index is 13.0. The fourth-order valence-corrected chi connectivity index (χ4v) is 3.67. The number of carbonyl (C=O) groups is 2. The first kappa shape index (κ1) is 23.6. The summed E-state index contributed by atoms with van der Waals surface area (Å²) < 4.78 is 12.5. The smallest absolute Gasteiger partial charge is 0.256 e. The summed E-state index contributed by atoms with van der Waals surface area (Å²) in [6.07, 6.45) is 1.61. The average Bonchev–Trinajstić information content (AvgIpc) is 3.31. The second kappa shape index (κ2) is 10.6. The van der Waals surface area contributed by atoms with E-state index in [1.54, 1.807) is 73.6 Å². The van der Waals surface area contributed by atoms with Gasteiger partial charge in [0, 0.05) is 28.4 Å². The van der Waals surface area contributed by atoms with Crippen LogP contribution in [0, 0.1) is 6.92 Å². The topological polar surface area (TPSA) is 94.5 Å². The zero-order valence-corrected chi connectivity index (χ0v) is 19.7. The van der Waals surface area contributed by atoms with E-state index in [9.17, 15) is 9.59 Å². The SMILES string of the molecule is COc1cccc(Cn2nccc2NC(=O)c2ccc(C)c(NC(=O)c3ccccc3)c2)c1OC. The van der Waals surface area contributed by atoms with Crippen LogP contribution in [0.3, 0.4) is 0 Å². The summed E-state index contributed by atoms with van der Waals surface area (Å²) in [6.45, 7) is 2.24. The van der Waals surface area contributed by atoms with E-state index in [-0.39, 0.29) is 11.8 Å². The van der Waals surface area contributed by atoms with E-state index in [1.165, 1.54) is 0 Å². The normalized spacial score (nSPS) is 10.5. The average molecular weight is 471 g/mol. The Labute approximate surface area is 203 Å². The molecule has 4 aromatic rings. The summed E-state index contributed by atoms with van der Waals surface area (Å²) in [4.78, 5) is 25.6. The molecule has 0 unspecified atom stereocenters. The van der Waals surface area contributed by atoms with Crippen LogP contribution in [0.2, 0.25) is 0 Å². The lowest BCUT2D eigenvalue weighted by molar-refractivity contribution is 0.101. The second-order valence-corrected chi connectivity index (χ2v) is 7.83. The highest BCUT2D eigenvalue weighted by Gasteiger charge is 2.15. The Kier molecular flexibility index (Phi) is 7.11. The number of carbonyl (C=O) groups excluding carboxylic acids is 2. The van der Waals surface area contributed by atoms with Crippen molar-refractivity contribution in [3.05, 3.63) is 101 Å². The third-order valence-corrected chi connectivity index (χ3v) is 5.55. The van der Waals surface area contributed by atoms with Crippen molar-refractivity contribution in [3.63, 3.8) is 0 Å². The monoisotopic (exact) mass is 470 g/mol. The summed E-state index contributed by atoms with van der Waals surface area (Å²) in [5, 5.41) is 10.1. The fraction of sp³-hybridized carbons (Fsp3) is 0.148. The van der Waals surface area contributed by atoms with Crippen molar-refractivity contribution in [1.29, 1.82) is 0 Å². The molecule has 0 fully saturated rings. The van der Waals surface area contributed by atoms with Crippen LogP contribution in [-0.2, 0) is 6.54 Å². The first-order valence-corrected chi connectivity index (χ1v) is 11.0. The predicted molar refractivity (Wildman–Crippen MR) is 134 cm³/mol. The Bertz CT molecular complexity index is 1350. The number of rotatable bonds is 8. The van der Waals surface area contributed by atoms with E-state index in [4.69, 9.17) is 9.47 Å². The van der Waals surface area contributed by atoms with Gasteiger partial charge < -0.3 is 20.1 Å². The molecule has 1 heterocycles. The molecule has 0 radical (unpaired) electrons. The highest BCUT2D eigenvalue weighted by Crippen LogP contribution is 2.31. The minimum atomic E-state index is -0.320. The van der Waals surface area contributed by atoms with Gasteiger partial charge in [-0.3, -0.25) is 9.59 Å². The molecule has 178 valence electrons. The van der Waals surface area contributed by atoms with Crippen LogP contribution in [0.4, 0.5) is 11.5 Å². The van der Waals surface area contributed by atoms with Crippen molar-refractivity contribution in [3.8, 4) is 11.5 Å². The van der Waals surface area contributed by atoms with E-state index in [0.717, 1.165) is 11.1 Å². The lowest BCUT2D eigenvalue weighted by atomic mass is 10.1. The number of nitrogens with zero attached hydrogens (tertiary/aromatic N) is 2. The Hall–Kier alpha value is -4.59. The van der Waals surface area contributed by atoms with Gasteiger partial charge in [-0.1, -0.05) is 36.4 Å². The number of ether oxygens (including phenoxy) is 2. The molecule has 2 N–H and O–H groups in total. The fourth-order valence-electron chi connectivity index (χ4n) is 3.67. The Morgan fingerprint density at radius 3 is 2.37 bits per heavy atom. The van der Waals surface area contributed by atoms with Crippen molar-refractivity contribution in [2.45, 2.75) is 13.5 Å². The van der Waals surface area contributed by atoms with E-state index in [2.05, 4.69) is 15.7 Å². The van der Waals surface area contributed by atoms with Gasteiger partial charge in [-0.2, -0.15) is 5.10 Å². The van der Waals surface area contributed by atoms with Crippen LogP contribution in [0.15, 0.2) is 79.0 Å². The Morgan fingerprint density at radius 2 is 1.63 bits per heavy atom. The molecule has 0 spiro atoms. The highest BCUT2D eigenvalue weighted by atomic mass is 16.5. The Morgan fingerprint density at radius 1 is 0.857 bits per heavy atom. The molecule has 0 aliphatic heterocycles. The minimum Gasteiger partial charge on any atom is -0.493 e. The third kappa shape index (κ3) is 5.33. The first-order valence-electron chi connectivity index (χ1n) is 11.0.